The third-order valence-electron chi connectivity index (χ3n) is 4.89. The fraction of sp³-hybridized carbons (Fsp3) is 0.231. The average Bonchev–Trinajstić information content (AvgIpc) is 2.76. The van der Waals surface area contributed by atoms with Gasteiger partial charge < -0.3 is 19.5 Å². The van der Waals surface area contributed by atoms with Crippen molar-refractivity contribution in [3.63, 3.8) is 0 Å². The molecule has 4 rings (SSSR count). The van der Waals surface area contributed by atoms with Gasteiger partial charge in [-0.2, -0.15) is 0 Å². The first-order valence-electron chi connectivity index (χ1n) is 9.95. The first-order valence-corrected chi connectivity index (χ1v) is 9.95. The van der Waals surface area contributed by atoms with Gasteiger partial charge in [0.05, 0.1) is 13.7 Å². The molecule has 1 N–H and O–H groups in total. The molecule has 0 bridgehead atoms. The standard InChI is InChI=1S/C26H25NO3/c1-26(2)29-18-22-12-13-23(16-25(22)30-26)27-17-21-8-6-19(7-9-21)4-5-20-10-14-24(28-3)15-11-20/h6-16,27H,17-18H2,1-3H3. The lowest BCUT2D eigenvalue weighted by atomic mass is 10.1. The Morgan fingerprint density at radius 2 is 1.60 bits per heavy atom. The van der Waals surface area contributed by atoms with Gasteiger partial charge in [0.25, 0.3) is 0 Å². The van der Waals surface area contributed by atoms with E-state index in [0.717, 1.165) is 40.4 Å². The summed E-state index contributed by atoms with van der Waals surface area (Å²) in [4.78, 5) is 0. The molecule has 1 heterocycles. The van der Waals surface area contributed by atoms with Gasteiger partial charge in [-0.05, 0) is 48.0 Å². The van der Waals surface area contributed by atoms with Crippen LogP contribution in [0.3, 0.4) is 0 Å². The van der Waals surface area contributed by atoms with Crippen molar-refractivity contribution in [3.8, 4) is 23.3 Å². The van der Waals surface area contributed by atoms with E-state index in [-0.39, 0.29) is 0 Å². The molecule has 0 saturated heterocycles. The summed E-state index contributed by atoms with van der Waals surface area (Å²) >= 11 is 0. The lowest BCUT2D eigenvalue weighted by molar-refractivity contribution is -0.180. The summed E-state index contributed by atoms with van der Waals surface area (Å²) in [7, 11) is 1.66. The Balaban J connectivity index is 1.37. The molecule has 3 aromatic carbocycles. The summed E-state index contributed by atoms with van der Waals surface area (Å²) < 4.78 is 16.8. The van der Waals surface area contributed by atoms with Crippen molar-refractivity contribution in [1.29, 1.82) is 0 Å². The molecule has 0 radical (unpaired) electrons. The monoisotopic (exact) mass is 399 g/mol. The number of anilines is 1. The highest BCUT2D eigenvalue weighted by atomic mass is 16.7. The second-order valence-corrected chi connectivity index (χ2v) is 7.64. The normalized spacial score (nSPS) is 14.0. The lowest BCUT2D eigenvalue weighted by Gasteiger charge is -2.32. The maximum absolute atomic E-state index is 5.92. The highest BCUT2D eigenvalue weighted by Crippen LogP contribution is 2.33. The molecule has 0 saturated carbocycles. The minimum atomic E-state index is -0.589. The van der Waals surface area contributed by atoms with E-state index in [1.165, 1.54) is 5.56 Å². The summed E-state index contributed by atoms with van der Waals surface area (Å²) in [6, 6.07) is 22.2. The number of fused-ring (bicyclic) bond motifs is 1. The molecule has 0 amide bonds. The van der Waals surface area contributed by atoms with Crippen molar-refractivity contribution < 1.29 is 14.2 Å². The zero-order valence-electron chi connectivity index (χ0n) is 17.5. The molecule has 1 aliphatic heterocycles. The molecule has 3 aromatic rings. The van der Waals surface area contributed by atoms with Gasteiger partial charge in [0.1, 0.15) is 11.5 Å². The van der Waals surface area contributed by atoms with Crippen molar-refractivity contribution in [1.82, 2.24) is 0 Å². The highest BCUT2D eigenvalue weighted by Gasteiger charge is 2.27. The third-order valence-corrected chi connectivity index (χ3v) is 4.89. The fourth-order valence-corrected chi connectivity index (χ4v) is 3.15. The smallest absolute Gasteiger partial charge is 0.205 e. The van der Waals surface area contributed by atoms with Crippen molar-refractivity contribution in [3.05, 3.63) is 89.0 Å². The van der Waals surface area contributed by atoms with E-state index in [2.05, 4.69) is 35.4 Å². The maximum Gasteiger partial charge on any atom is 0.205 e. The van der Waals surface area contributed by atoms with Gasteiger partial charge in [0.15, 0.2) is 0 Å². The van der Waals surface area contributed by atoms with Crippen molar-refractivity contribution in [2.24, 2.45) is 0 Å². The van der Waals surface area contributed by atoms with Crippen LogP contribution in [0, 0.1) is 11.8 Å². The van der Waals surface area contributed by atoms with Gasteiger partial charge in [-0.25, -0.2) is 0 Å². The van der Waals surface area contributed by atoms with Crippen LogP contribution in [0.5, 0.6) is 11.5 Å². The molecular weight excluding hydrogens is 374 g/mol. The molecule has 4 nitrogen and oxygen atoms in total. The number of hydrogen-bond donors (Lipinski definition) is 1. The minimum Gasteiger partial charge on any atom is -0.497 e. The van der Waals surface area contributed by atoms with E-state index in [1.54, 1.807) is 7.11 Å². The number of methoxy groups -OCH3 is 1. The van der Waals surface area contributed by atoms with Gasteiger partial charge in [0, 0.05) is 48.8 Å². The second-order valence-electron chi connectivity index (χ2n) is 7.64. The third kappa shape index (κ3) is 4.94. The minimum absolute atomic E-state index is 0.571. The number of hydrogen-bond acceptors (Lipinski definition) is 4. The summed E-state index contributed by atoms with van der Waals surface area (Å²) in [6.07, 6.45) is 0. The van der Waals surface area contributed by atoms with Crippen molar-refractivity contribution >= 4 is 5.69 Å². The SMILES string of the molecule is COc1ccc(C#Cc2ccc(CNc3ccc4c(c3)OC(C)(C)OC4)cc2)cc1. The summed E-state index contributed by atoms with van der Waals surface area (Å²) in [5, 5.41) is 3.46. The van der Waals surface area contributed by atoms with E-state index in [0.29, 0.717) is 6.61 Å². The lowest BCUT2D eigenvalue weighted by Crippen LogP contribution is -2.35. The number of nitrogens with one attached hydrogen (secondary N) is 1. The Morgan fingerprint density at radius 1 is 0.933 bits per heavy atom. The molecule has 1 aliphatic rings. The van der Waals surface area contributed by atoms with Crippen molar-refractivity contribution in [2.75, 3.05) is 12.4 Å². The first kappa shape index (κ1) is 19.9. The number of ether oxygens (including phenoxy) is 3. The predicted octanol–water partition coefficient (Wildman–Crippen LogP) is 5.35. The zero-order chi connectivity index (χ0) is 21.0. The maximum atomic E-state index is 5.92. The molecule has 152 valence electrons. The largest absolute Gasteiger partial charge is 0.497 e. The van der Waals surface area contributed by atoms with Gasteiger partial charge in [-0.3, -0.25) is 0 Å². The van der Waals surface area contributed by atoms with Crippen LogP contribution in [0.25, 0.3) is 0 Å². The molecule has 0 atom stereocenters. The van der Waals surface area contributed by atoms with E-state index < -0.39 is 5.79 Å². The number of rotatable bonds is 4. The van der Waals surface area contributed by atoms with E-state index >= 15 is 0 Å². The molecule has 0 aromatic heterocycles. The van der Waals surface area contributed by atoms with Gasteiger partial charge in [-0.1, -0.05) is 30.0 Å². The van der Waals surface area contributed by atoms with Gasteiger partial charge in [0.2, 0.25) is 5.79 Å². The van der Waals surface area contributed by atoms with Gasteiger partial charge >= 0.3 is 0 Å². The van der Waals surface area contributed by atoms with Crippen LogP contribution < -0.4 is 14.8 Å². The van der Waals surface area contributed by atoms with Crippen LogP contribution in [-0.4, -0.2) is 12.9 Å². The summed E-state index contributed by atoms with van der Waals surface area (Å²) in [5.74, 6) is 7.50. The van der Waals surface area contributed by atoms with Crippen LogP contribution >= 0.6 is 0 Å². The molecule has 0 aliphatic carbocycles. The van der Waals surface area contributed by atoms with Crippen LogP contribution in [0.2, 0.25) is 0 Å². The van der Waals surface area contributed by atoms with Crippen LogP contribution in [0.1, 0.15) is 36.1 Å². The first-order chi connectivity index (χ1) is 14.5. The van der Waals surface area contributed by atoms with Crippen LogP contribution in [0.15, 0.2) is 66.7 Å². The topological polar surface area (TPSA) is 39.7 Å². The Bertz CT molecular complexity index is 1070. The highest BCUT2D eigenvalue weighted by molar-refractivity contribution is 5.53. The van der Waals surface area contributed by atoms with Gasteiger partial charge in [-0.15, -0.1) is 0 Å². The van der Waals surface area contributed by atoms with Crippen LogP contribution in [-0.2, 0) is 17.9 Å². The Morgan fingerprint density at radius 3 is 2.27 bits per heavy atom. The molecule has 0 fully saturated rings. The average molecular weight is 399 g/mol. The molecule has 4 heteroatoms. The summed E-state index contributed by atoms with van der Waals surface area (Å²) in [5.41, 5.74) is 5.23. The Labute approximate surface area is 177 Å². The van der Waals surface area contributed by atoms with Crippen molar-refractivity contribution in [2.45, 2.75) is 32.8 Å². The fourth-order valence-electron chi connectivity index (χ4n) is 3.15. The van der Waals surface area contributed by atoms with Crippen LogP contribution in [0.4, 0.5) is 5.69 Å². The number of benzene rings is 3. The Hall–Kier alpha value is -3.42. The zero-order valence-corrected chi connectivity index (χ0v) is 17.5. The molecular formula is C26H25NO3. The molecule has 0 spiro atoms. The molecule has 0 unspecified atom stereocenters. The molecule has 30 heavy (non-hydrogen) atoms. The quantitative estimate of drug-likeness (QED) is 0.600. The van der Waals surface area contributed by atoms with E-state index in [1.807, 2.05) is 62.4 Å². The summed E-state index contributed by atoms with van der Waals surface area (Å²) in [6.45, 7) is 5.15. The van der Waals surface area contributed by atoms with E-state index in [9.17, 15) is 0 Å². The predicted molar refractivity (Wildman–Crippen MR) is 119 cm³/mol. The Kier molecular flexibility index (Phi) is 5.65. The second kappa shape index (κ2) is 8.52. The van der Waals surface area contributed by atoms with E-state index in [4.69, 9.17) is 14.2 Å².